The zero-order valence-corrected chi connectivity index (χ0v) is 12.5. The van der Waals surface area contributed by atoms with E-state index >= 15 is 0 Å². The molecule has 0 unspecified atom stereocenters. The lowest BCUT2D eigenvalue weighted by Gasteiger charge is -2.41. The molecule has 3 N–H and O–H groups in total. The summed E-state index contributed by atoms with van der Waals surface area (Å²) in [7, 11) is 0. The van der Waals surface area contributed by atoms with Gasteiger partial charge in [0.2, 0.25) is 0 Å². The van der Waals surface area contributed by atoms with Crippen LogP contribution in [0.1, 0.15) is 60.6 Å². The first-order chi connectivity index (χ1) is 9.51. The summed E-state index contributed by atoms with van der Waals surface area (Å²) in [6.07, 6.45) is 4.57. The van der Waals surface area contributed by atoms with Crippen molar-refractivity contribution < 1.29 is 14.7 Å². The van der Waals surface area contributed by atoms with Crippen molar-refractivity contribution in [3.8, 4) is 0 Å². The number of halogens is 1. The molecule has 0 aromatic carbocycles. The van der Waals surface area contributed by atoms with Crippen molar-refractivity contribution in [2.45, 2.75) is 50.0 Å². The highest BCUT2D eigenvalue weighted by atomic mass is 79.9. The molecule has 2 aliphatic rings. The second-order valence-electron chi connectivity index (χ2n) is 5.73. The SMILES string of the molecule is O=C(O)CC1(NC(=O)c2n[nH]c(C3CC3)c2Br)CCC1. The molecule has 108 valence electrons. The molecule has 20 heavy (non-hydrogen) atoms. The number of rotatable bonds is 5. The maximum atomic E-state index is 12.3. The molecule has 2 aliphatic carbocycles. The van der Waals surface area contributed by atoms with E-state index in [-0.39, 0.29) is 12.3 Å². The summed E-state index contributed by atoms with van der Waals surface area (Å²) in [5.74, 6) is -0.721. The number of hydrogen-bond donors (Lipinski definition) is 3. The Kier molecular flexibility index (Phi) is 3.32. The van der Waals surface area contributed by atoms with Crippen LogP contribution in [0.4, 0.5) is 0 Å². The summed E-state index contributed by atoms with van der Waals surface area (Å²) in [6, 6.07) is 0. The van der Waals surface area contributed by atoms with Gasteiger partial charge in [-0.15, -0.1) is 0 Å². The number of carboxylic acids is 1. The van der Waals surface area contributed by atoms with E-state index in [9.17, 15) is 9.59 Å². The predicted molar refractivity (Wildman–Crippen MR) is 74.6 cm³/mol. The molecule has 0 aliphatic heterocycles. The van der Waals surface area contributed by atoms with Crippen molar-refractivity contribution in [3.05, 3.63) is 15.9 Å². The average molecular weight is 342 g/mol. The van der Waals surface area contributed by atoms with Crippen molar-refractivity contribution in [2.24, 2.45) is 0 Å². The number of nitrogens with one attached hydrogen (secondary N) is 2. The van der Waals surface area contributed by atoms with E-state index in [0.29, 0.717) is 28.9 Å². The maximum absolute atomic E-state index is 12.3. The Morgan fingerprint density at radius 3 is 2.65 bits per heavy atom. The molecular formula is C13H16BrN3O3. The molecule has 0 saturated heterocycles. The van der Waals surface area contributed by atoms with Gasteiger partial charge in [-0.25, -0.2) is 0 Å². The Labute approximate surface area is 124 Å². The van der Waals surface area contributed by atoms with Crippen LogP contribution in [0.15, 0.2) is 4.47 Å². The number of nitrogens with zero attached hydrogens (tertiary/aromatic N) is 1. The molecule has 2 fully saturated rings. The van der Waals surface area contributed by atoms with Crippen LogP contribution in [0.5, 0.6) is 0 Å². The lowest BCUT2D eigenvalue weighted by Crippen LogP contribution is -2.54. The quantitative estimate of drug-likeness (QED) is 0.764. The summed E-state index contributed by atoms with van der Waals surface area (Å²) in [5, 5.41) is 18.8. The molecule has 3 rings (SSSR count). The third kappa shape index (κ3) is 2.46. The second-order valence-corrected chi connectivity index (χ2v) is 6.53. The van der Waals surface area contributed by atoms with Crippen LogP contribution < -0.4 is 5.32 Å². The van der Waals surface area contributed by atoms with Crippen LogP contribution in [0.25, 0.3) is 0 Å². The lowest BCUT2D eigenvalue weighted by molar-refractivity contribution is -0.139. The molecule has 0 radical (unpaired) electrons. The first kappa shape index (κ1) is 13.6. The Hall–Kier alpha value is -1.37. The smallest absolute Gasteiger partial charge is 0.305 e. The van der Waals surface area contributed by atoms with Gasteiger partial charge in [-0.1, -0.05) is 0 Å². The van der Waals surface area contributed by atoms with Gasteiger partial charge in [0.05, 0.1) is 22.1 Å². The number of aromatic nitrogens is 2. The first-order valence-corrected chi connectivity index (χ1v) is 7.58. The predicted octanol–water partition coefficient (Wildman–Crippen LogP) is 2.18. The minimum Gasteiger partial charge on any atom is -0.481 e. The number of carbonyl (C=O) groups excluding carboxylic acids is 1. The highest BCUT2D eigenvalue weighted by Crippen LogP contribution is 2.43. The molecular weight excluding hydrogens is 326 g/mol. The fourth-order valence-electron chi connectivity index (χ4n) is 2.67. The number of carbonyl (C=O) groups is 2. The van der Waals surface area contributed by atoms with E-state index < -0.39 is 11.5 Å². The molecule has 1 heterocycles. The van der Waals surface area contributed by atoms with Crippen LogP contribution in [0.3, 0.4) is 0 Å². The second kappa shape index (κ2) is 4.87. The van der Waals surface area contributed by atoms with E-state index in [1.807, 2.05) is 0 Å². The number of aromatic amines is 1. The number of H-pyrrole nitrogens is 1. The third-order valence-electron chi connectivity index (χ3n) is 4.11. The van der Waals surface area contributed by atoms with Crippen molar-refractivity contribution in [1.29, 1.82) is 0 Å². The summed E-state index contributed by atoms with van der Waals surface area (Å²) in [5.41, 5.74) is 0.695. The minimum atomic E-state index is -0.884. The van der Waals surface area contributed by atoms with Crippen LogP contribution in [-0.2, 0) is 4.79 Å². The third-order valence-corrected chi connectivity index (χ3v) is 4.91. The maximum Gasteiger partial charge on any atom is 0.305 e. The van der Waals surface area contributed by atoms with Gasteiger partial charge in [0.15, 0.2) is 5.69 Å². The van der Waals surface area contributed by atoms with Gasteiger partial charge in [-0.2, -0.15) is 5.10 Å². The average Bonchev–Trinajstić information content (AvgIpc) is 3.09. The van der Waals surface area contributed by atoms with Gasteiger partial charge in [0, 0.05) is 5.92 Å². The molecule has 1 aromatic rings. The summed E-state index contributed by atoms with van der Waals surface area (Å²) < 4.78 is 0.710. The topological polar surface area (TPSA) is 95.1 Å². The van der Waals surface area contributed by atoms with Gasteiger partial charge in [0.25, 0.3) is 5.91 Å². The highest BCUT2D eigenvalue weighted by Gasteiger charge is 2.41. The normalized spacial score (nSPS) is 20.2. The molecule has 1 amide bonds. The number of aliphatic carboxylic acids is 1. The van der Waals surface area contributed by atoms with Gasteiger partial charge < -0.3 is 10.4 Å². The molecule has 0 atom stereocenters. The number of amides is 1. The summed E-state index contributed by atoms with van der Waals surface area (Å²) in [4.78, 5) is 23.2. The minimum absolute atomic E-state index is 0.0315. The zero-order chi connectivity index (χ0) is 14.3. The molecule has 0 spiro atoms. The molecule has 7 heteroatoms. The molecule has 0 bridgehead atoms. The van der Waals surface area contributed by atoms with Crippen LogP contribution in [0.2, 0.25) is 0 Å². The Morgan fingerprint density at radius 2 is 2.15 bits per heavy atom. The summed E-state index contributed by atoms with van der Waals surface area (Å²) >= 11 is 3.42. The largest absolute Gasteiger partial charge is 0.481 e. The van der Waals surface area contributed by atoms with Crippen LogP contribution in [0, 0.1) is 0 Å². The van der Waals surface area contributed by atoms with Crippen LogP contribution in [-0.4, -0.2) is 32.7 Å². The van der Waals surface area contributed by atoms with Gasteiger partial charge in [0.1, 0.15) is 0 Å². The van der Waals surface area contributed by atoms with E-state index in [1.165, 1.54) is 0 Å². The first-order valence-electron chi connectivity index (χ1n) is 6.79. The van der Waals surface area contributed by atoms with E-state index in [1.54, 1.807) is 0 Å². The van der Waals surface area contributed by atoms with Crippen molar-refractivity contribution in [3.63, 3.8) is 0 Å². The van der Waals surface area contributed by atoms with Crippen molar-refractivity contribution >= 4 is 27.8 Å². The molecule has 1 aromatic heterocycles. The Balaban J connectivity index is 1.74. The Morgan fingerprint density at radius 1 is 1.45 bits per heavy atom. The monoisotopic (exact) mass is 341 g/mol. The molecule has 6 nitrogen and oxygen atoms in total. The van der Waals surface area contributed by atoms with Gasteiger partial charge >= 0.3 is 5.97 Å². The van der Waals surface area contributed by atoms with Crippen LogP contribution >= 0.6 is 15.9 Å². The zero-order valence-electron chi connectivity index (χ0n) is 10.9. The highest BCUT2D eigenvalue weighted by molar-refractivity contribution is 9.10. The van der Waals surface area contributed by atoms with E-state index in [2.05, 4.69) is 31.4 Å². The fourth-order valence-corrected chi connectivity index (χ4v) is 3.35. The van der Waals surface area contributed by atoms with Gasteiger partial charge in [-0.3, -0.25) is 14.7 Å². The lowest BCUT2D eigenvalue weighted by atomic mass is 9.74. The van der Waals surface area contributed by atoms with Crippen molar-refractivity contribution in [2.75, 3.05) is 0 Å². The Bertz CT molecular complexity index is 561. The summed E-state index contributed by atoms with van der Waals surface area (Å²) in [6.45, 7) is 0. The van der Waals surface area contributed by atoms with Gasteiger partial charge in [-0.05, 0) is 48.0 Å². The fraction of sp³-hybridized carbons (Fsp3) is 0.615. The van der Waals surface area contributed by atoms with Crippen molar-refractivity contribution in [1.82, 2.24) is 15.5 Å². The molecule has 2 saturated carbocycles. The van der Waals surface area contributed by atoms with E-state index in [0.717, 1.165) is 25.0 Å². The number of carboxylic acid groups (broad SMARTS) is 1. The standard InChI is InChI=1S/C13H16BrN3O3/c14-9-10(7-2-3-7)16-17-11(9)12(20)15-13(4-1-5-13)6-8(18)19/h7H,1-6H2,(H,15,20)(H,16,17)(H,18,19). The number of hydrogen-bond acceptors (Lipinski definition) is 3. The van der Waals surface area contributed by atoms with E-state index in [4.69, 9.17) is 5.11 Å².